The van der Waals surface area contributed by atoms with Crippen LogP contribution in [0.5, 0.6) is 11.5 Å². The molecule has 0 saturated carbocycles. The second kappa shape index (κ2) is 22.6. The molecule has 0 unspecified atom stereocenters. The molecule has 1 aromatic carbocycles. The van der Waals surface area contributed by atoms with Gasteiger partial charge in [0.1, 0.15) is 11.5 Å². The van der Waals surface area contributed by atoms with Crippen LogP contribution in [-0.2, 0) is 6.61 Å². The third kappa shape index (κ3) is 17.9. The smallest absolute Gasteiger partial charge is 0.123 e. The van der Waals surface area contributed by atoms with Crippen molar-refractivity contribution in [2.75, 3.05) is 13.2 Å². The van der Waals surface area contributed by atoms with Crippen LogP contribution in [0.1, 0.15) is 141 Å². The molecule has 0 aromatic heterocycles. The lowest BCUT2D eigenvalue weighted by Gasteiger charge is -2.12. The van der Waals surface area contributed by atoms with Gasteiger partial charge in [-0.1, -0.05) is 123 Å². The molecule has 0 saturated heterocycles. The molecule has 1 rings (SSSR count). The Kier molecular flexibility index (Phi) is 20.4. The second-order valence-electron chi connectivity index (χ2n) is 9.68. The van der Waals surface area contributed by atoms with Crippen LogP contribution in [0.3, 0.4) is 0 Å². The summed E-state index contributed by atoms with van der Waals surface area (Å²) in [7, 11) is 0. The second-order valence-corrected chi connectivity index (χ2v) is 9.68. The van der Waals surface area contributed by atoms with Gasteiger partial charge in [0.05, 0.1) is 19.8 Å². The Labute approximate surface area is 205 Å². The van der Waals surface area contributed by atoms with E-state index in [1.807, 2.05) is 18.2 Å². The first-order valence-corrected chi connectivity index (χ1v) is 14.3. The summed E-state index contributed by atoms with van der Waals surface area (Å²) in [6, 6.07) is 5.83. The minimum absolute atomic E-state index is 0.0172. The molecule has 0 heterocycles. The minimum Gasteiger partial charge on any atom is -0.493 e. The topological polar surface area (TPSA) is 38.7 Å². The molecule has 0 aliphatic heterocycles. The summed E-state index contributed by atoms with van der Waals surface area (Å²) in [5, 5.41) is 9.56. The highest BCUT2D eigenvalue weighted by Gasteiger charge is 2.04. The molecule has 0 spiro atoms. The van der Waals surface area contributed by atoms with Gasteiger partial charge in [-0.2, -0.15) is 0 Å². The number of benzene rings is 1. The monoisotopic (exact) mass is 462 g/mol. The Morgan fingerprint density at radius 2 is 0.818 bits per heavy atom. The predicted molar refractivity (Wildman–Crippen MR) is 142 cm³/mol. The van der Waals surface area contributed by atoms with E-state index in [1.54, 1.807) is 0 Å². The minimum atomic E-state index is 0.0172. The van der Waals surface area contributed by atoms with Gasteiger partial charge < -0.3 is 14.6 Å². The molecular weight excluding hydrogens is 408 g/mol. The van der Waals surface area contributed by atoms with E-state index in [9.17, 15) is 5.11 Å². The predicted octanol–water partition coefficient (Wildman–Crippen LogP) is 9.39. The van der Waals surface area contributed by atoms with Crippen molar-refractivity contribution in [2.24, 2.45) is 0 Å². The van der Waals surface area contributed by atoms with Crippen molar-refractivity contribution in [1.82, 2.24) is 0 Å². The summed E-state index contributed by atoms with van der Waals surface area (Å²) < 4.78 is 11.9. The van der Waals surface area contributed by atoms with Crippen molar-refractivity contribution >= 4 is 0 Å². The molecule has 1 aromatic rings. The summed E-state index contributed by atoms with van der Waals surface area (Å²) in [6.45, 7) is 6.02. The zero-order valence-corrected chi connectivity index (χ0v) is 22.1. The number of hydrogen-bond acceptors (Lipinski definition) is 3. The molecule has 0 aliphatic carbocycles. The van der Waals surface area contributed by atoms with Crippen molar-refractivity contribution in [3.63, 3.8) is 0 Å². The Bertz CT molecular complexity index is 543. The maximum absolute atomic E-state index is 9.56. The van der Waals surface area contributed by atoms with E-state index in [1.165, 1.54) is 109 Å². The fraction of sp³-hybridized carbons (Fsp3) is 0.800. The van der Waals surface area contributed by atoms with E-state index in [4.69, 9.17) is 9.47 Å². The molecule has 0 bridgehead atoms. The molecular formula is C30H54O3. The summed E-state index contributed by atoms with van der Waals surface area (Å²) in [5.74, 6) is 1.63. The van der Waals surface area contributed by atoms with Gasteiger partial charge in [0.25, 0.3) is 0 Å². The first kappa shape index (κ1) is 29.8. The van der Waals surface area contributed by atoms with Crippen LogP contribution < -0.4 is 9.47 Å². The fourth-order valence-electron chi connectivity index (χ4n) is 4.27. The van der Waals surface area contributed by atoms with Gasteiger partial charge in [0.15, 0.2) is 0 Å². The standard InChI is InChI=1S/C30H54O3/c1-3-5-7-9-11-12-13-14-15-16-17-19-21-23-33-30-25-28(27-31)24-29(26-30)32-22-20-18-10-8-6-4-2/h24-26,31H,3-23,27H2,1-2H3. The Morgan fingerprint density at radius 1 is 0.485 bits per heavy atom. The van der Waals surface area contributed by atoms with Gasteiger partial charge in [0, 0.05) is 6.07 Å². The van der Waals surface area contributed by atoms with Gasteiger partial charge in [-0.15, -0.1) is 0 Å². The molecule has 0 amide bonds. The fourth-order valence-corrected chi connectivity index (χ4v) is 4.27. The van der Waals surface area contributed by atoms with Crippen molar-refractivity contribution in [2.45, 2.75) is 142 Å². The molecule has 0 atom stereocenters. The lowest BCUT2D eigenvalue weighted by atomic mass is 10.0. The number of ether oxygens (including phenoxy) is 2. The van der Waals surface area contributed by atoms with Gasteiger partial charge in [0.2, 0.25) is 0 Å². The normalized spacial score (nSPS) is 11.1. The Morgan fingerprint density at radius 3 is 1.15 bits per heavy atom. The van der Waals surface area contributed by atoms with Crippen molar-refractivity contribution in [3.05, 3.63) is 23.8 Å². The van der Waals surface area contributed by atoms with Crippen LogP contribution in [0.2, 0.25) is 0 Å². The number of rotatable bonds is 24. The maximum atomic E-state index is 9.56. The molecule has 0 fully saturated rings. The average Bonchev–Trinajstić information content (AvgIpc) is 2.83. The lowest BCUT2D eigenvalue weighted by Crippen LogP contribution is -2.01. The van der Waals surface area contributed by atoms with Crippen molar-refractivity contribution < 1.29 is 14.6 Å². The summed E-state index contributed by atoms with van der Waals surface area (Å²) in [6.07, 6.45) is 25.2. The third-order valence-corrected chi connectivity index (χ3v) is 6.41. The molecule has 33 heavy (non-hydrogen) atoms. The Balaban J connectivity index is 2.07. The number of aliphatic hydroxyl groups excluding tert-OH is 1. The zero-order chi connectivity index (χ0) is 23.8. The molecule has 3 heteroatoms. The number of aliphatic hydroxyl groups is 1. The highest BCUT2D eigenvalue weighted by molar-refractivity contribution is 5.38. The average molecular weight is 463 g/mol. The molecule has 0 aliphatic rings. The highest BCUT2D eigenvalue weighted by Crippen LogP contribution is 2.24. The maximum Gasteiger partial charge on any atom is 0.123 e. The SMILES string of the molecule is CCCCCCCCCCCCCCCOc1cc(CO)cc(OCCCCCCCC)c1. The first-order valence-electron chi connectivity index (χ1n) is 14.3. The quantitative estimate of drug-likeness (QED) is 0.155. The van der Waals surface area contributed by atoms with E-state index in [0.717, 1.165) is 43.1 Å². The van der Waals surface area contributed by atoms with Crippen LogP contribution in [0, 0.1) is 0 Å². The largest absolute Gasteiger partial charge is 0.493 e. The zero-order valence-electron chi connectivity index (χ0n) is 22.1. The molecule has 192 valence electrons. The van der Waals surface area contributed by atoms with E-state index in [2.05, 4.69) is 13.8 Å². The van der Waals surface area contributed by atoms with E-state index >= 15 is 0 Å². The van der Waals surface area contributed by atoms with Gasteiger partial charge in [-0.05, 0) is 30.5 Å². The number of unbranched alkanes of at least 4 members (excludes halogenated alkanes) is 17. The molecule has 1 N–H and O–H groups in total. The van der Waals surface area contributed by atoms with Gasteiger partial charge in [-0.25, -0.2) is 0 Å². The van der Waals surface area contributed by atoms with Crippen LogP contribution in [-0.4, -0.2) is 18.3 Å². The van der Waals surface area contributed by atoms with Crippen LogP contribution in [0.25, 0.3) is 0 Å². The Hall–Kier alpha value is -1.22. The first-order chi connectivity index (χ1) is 16.3. The summed E-state index contributed by atoms with van der Waals surface area (Å²) >= 11 is 0. The molecule has 3 nitrogen and oxygen atoms in total. The van der Waals surface area contributed by atoms with E-state index in [0.29, 0.717) is 0 Å². The van der Waals surface area contributed by atoms with Crippen LogP contribution in [0.4, 0.5) is 0 Å². The van der Waals surface area contributed by atoms with E-state index in [-0.39, 0.29) is 6.61 Å². The molecule has 0 radical (unpaired) electrons. The van der Waals surface area contributed by atoms with Crippen LogP contribution in [0.15, 0.2) is 18.2 Å². The summed E-state index contributed by atoms with van der Waals surface area (Å²) in [5.41, 5.74) is 0.857. The van der Waals surface area contributed by atoms with Gasteiger partial charge >= 0.3 is 0 Å². The highest BCUT2D eigenvalue weighted by atomic mass is 16.5. The summed E-state index contributed by atoms with van der Waals surface area (Å²) in [4.78, 5) is 0. The van der Waals surface area contributed by atoms with Crippen molar-refractivity contribution in [1.29, 1.82) is 0 Å². The van der Waals surface area contributed by atoms with Crippen LogP contribution >= 0.6 is 0 Å². The lowest BCUT2D eigenvalue weighted by molar-refractivity contribution is 0.271. The van der Waals surface area contributed by atoms with Crippen molar-refractivity contribution in [3.8, 4) is 11.5 Å². The number of hydrogen-bond donors (Lipinski definition) is 1. The van der Waals surface area contributed by atoms with Gasteiger partial charge in [-0.3, -0.25) is 0 Å². The third-order valence-electron chi connectivity index (χ3n) is 6.41. The van der Waals surface area contributed by atoms with E-state index < -0.39 is 0 Å².